The highest BCUT2D eigenvalue weighted by Gasteiger charge is 2.31. The molecule has 3 heteroatoms. The van der Waals surface area contributed by atoms with Gasteiger partial charge in [0.1, 0.15) is 11.8 Å². The Morgan fingerprint density at radius 3 is 2.79 bits per heavy atom. The van der Waals surface area contributed by atoms with Gasteiger partial charge in [0.25, 0.3) is 0 Å². The predicted molar refractivity (Wildman–Crippen MR) is 52.5 cm³/mol. The van der Waals surface area contributed by atoms with Crippen molar-refractivity contribution in [1.29, 1.82) is 5.26 Å². The molecule has 0 amide bonds. The van der Waals surface area contributed by atoms with Gasteiger partial charge >= 0.3 is 0 Å². The molecule has 0 aliphatic heterocycles. The third-order valence-corrected chi connectivity index (χ3v) is 2.68. The molecule has 0 bridgehead atoms. The fraction of sp³-hybridized carbons (Fsp3) is 0.364. The number of phenols is 1. The molecule has 1 saturated carbocycles. The molecule has 1 aliphatic rings. The van der Waals surface area contributed by atoms with Gasteiger partial charge in [0.05, 0.1) is 5.56 Å². The zero-order chi connectivity index (χ0) is 10.1. The van der Waals surface area contributed by atoms with Crippen LogP contribution in [0.2, 0.25) is 0 Å². The van der Waals surface area contributed by atoms with Crippen LogP contribution >= 0.6 is 0 Å². The lowest BCUT2D eigenvalue weighted by atomic mass is 10.00. The summed E-state index contributed by atoms with van der Waals surface area (Å²) < 4.78 is 0. The molecule has 3 N–H and O–H groups in total. The first kappa shape index (κ1) is 9.04. The van der Waals surface area contributed by atoms with Crippen LogP contribution in [0.25, 0.3) is 0 Å². The topological polar surface area (TPSA) is 70.0 Å². The van der Waals surface area contributed by atoms with E-state index in [2.05, 4.69) is 0 Å². The van der Waals surface area contributed by atoms with Crippen LogP contribution in [0.4, 0.5) is 0 Å². The minimum absolute atomic E-state index is 0.0504. The van der Waals surface area contributed by atoms with Crippen molar-refractivity contribution in [2.45, 2.75) is 18.9 Å². The third-order valence-electron chi connectivity index (χ3n) is 2.68. The van der Waals surface area contributed by atoms with E-state index in [0.717, 1.165) is 12.8 Å². The normalized spacial score (nSPS) is 17.4. The van der Waals surface area contributed by atoms with E-state index in [1.54, 1.807) is 18.2 Å². The van der Waals surface area contributed by atoms with Gasteiger partial charge in [-0.05, 0) is 24.8 Å². The summed E-state index contributed by atoms with van der Waals surface area (Å²) in [6.45, 7) is 0. The molecule has 1 aromatic carbocycles. The molecule has 1 fully saturated rings. The van der Waals surface area contributed by atoms with E-state index >= 15 is 0 Å². The number of hydrogen-bond acceptors (Lipinski definition) is 3. The maximum Gasteiger partial charge on any atom is 0.138 e. The summed E-state index contributed by atoms with van der Waals surface area (Å²) in [6.07, 6.45) is 2.24. The van der Waals surface area contributed by atoms with E-state index in [0.29, 0.717) is 17.0 Å². The second kappa shape index (κ2) is 3.32. The molecule has 1 atom stereocenters. The third kappa shape index (κ3) is 1.45. The van der Waals surface area contributed by atoms with Gasteiger partial charge in [0.2, 0.25) is 0 Å². The van der Waals surface area contributed by atoms with Crippen molar-refractivity contribution >= 4 is 0 Å². The zero-order valence-corrected chi connectivity index (χ0v) is 7.77. The molecule has 0 heterocycles. The SMILES string of the molecule is N#Cc1cccc([C@@H](N)C2CC2)c1O. The number of phenolic OH excluding ortho intramolecular Hbond substituents is 1. The highest BCUT2D eigenvalue weighted by atomic mass is 16.3. The Morgan fingerprint density at radius 2 is 2.21 bits per heavy atom. The zero-order valence-electron chi connectivity index (χ0n) is 7.77. The van der Waals surface area contributed by atoms with Crippen molar-refractivity contribution in [3.8, 4) is 11.8 Å². The summed E-state index contributed by atoms with van der Waals surface area (Å²) in [7, 11) is 0. The fourth-order valence-corrected chi connectivity index (χ4v) is 1.63. The first-order chi connectivity index (χ1) is 6.74. The molecule has 0 aromatic heterocycles. The van der Waals surface area contributed by atoms with E-state index in [4.69, 9.17) is 11.0 Å². The van der Waals surface area contributed by atoms with Gasteiger partial charge in [0.15, 0.2) is 0 Å². The Bertz CT molecular complexity index is 391. The number of hydrogen-bond donors (Lipinski definition) is 2. The number of nitrogens with two attached hydrogens (primary N) is 1. The second-order valence-electron chi connectivity index (χ2n) is 3.72. The maximum atomic E-state index is 9.73. The van der Waals surface area contributed by atoms with Gasteiger partial charge < -0.3 is 10.8 Å². The van der Waals surface area contributed by atoms with Crippen molar-refractivity contribution in [2.24, 2.45) is 11.7 Å². The summed E-state index contributed by atoms with van der Waals surface area (Å²) in [5.41, 5.74) is 6.96. The molecule has 72 valence electrons. The van der Waals surface area contributed by atoms with Crippen LogP contribution in [0, 0.1) is 17.2 Å². The highest BCUT2D eigenvalue weighted by molar-refractivity contribution is 5.48. The van der Waals surface area contributed by atoms with Crippen LogP contribution in [-0.2, 0) is 0 Å². The summed E-state index contributed by atoms with van der Waals surface area (Å²) in [4.78, 5) is 0. The molecule has 0 saturated heterocycles. The molecule has 1 aromatic rings. The monoisotopic (exact) mass is 188 g/mol. The van der Waals surface area contributed by atoms with Crippen LogP contribution in [0.15, 0.2) is 18.2 Å². The van der Waals surface area contributed by atoms with E-state index in [1.807, 2.05) is 6.07 Å². The standard InChI is InChI=1S/C11H12N2O/c12-6-8-2-1-3-9(11(8)14)10(13)7-4-5-7/h1-3,7,10,14H,4-5,13H2/t10-/m0/s1. The highest BCUT2D eigenvalue weighted by Crippen LogP contribution is 2.42. The molecular formula is C11H12N2O. The number of rotatable bonds is 2. The van der Waals surface area contributed by atoms with Crippen molar-refractivity contribution < 1.29 is 5.11 Å². The largest absolute Gasteiger partial charge is 0.506 e. The number of nitriles is 1. The first-order valence-corrected chi connectivity index (χ1v) is 4.71. The lowest BCUT2D eigenvalue weighted by Gasteiger charge is -2.12. The number of para-hydroxylation sites is 1. The Morgan fingerprint density at radius 1 is 1.50 bits per heavy atom. The Labute approximate surface area is 82.8 Å². The van der Waals surface area contributed by atoms with Crippen molar-refractivity contribution in [3.63, 3.8) is 0 Å². The minimum atomic E-state index is -0.122. The van der Waals surface area contributed by atoms with E-state index < -0.39 is 0 Å². The van der Waals surface area contributed by atoms with Crippen LogP contribution in [0.1, 0.15) is 30.0 Å². The molecular weight excluding hydrogens is 176 g/mol. The first-order valence-electron chi connectivity index (χ1n) is 4.71. The lowest BCUT2D eigenvalue weighted by molar-refractivity contribution is 0.454. The Hall–Kier alpha value is -1.53. The number of aromatic hydroxyl groups is 1. The lowest BCUT2D eigenvalue weighted by Crippen LogP contribution is -2.12. The summed E-state index contributed by atoms with van der Waals surface area (Å²) in [5, 5.41) is 18.5. The van der Waals surface area contributed by atoms with Crippen molar-refractivity contribution in [2.75, 3.05) is 0 Å². The molecule has 2 rings (SSSR count). The van der Waals surface area contributed by atoms with Crippen LogP contribution in [0.3, 0.4) is 0 Å². The second-order valence-corrected chi connectivity index (χ2v) is 3.72. The number of benzene rings is 1. The Kier molecular flexibility index (Phi) is 2.14. The van der Waals surface area contributed by atoms with E-state index in [1.165, 1.54) is 0 Å². The quantitative estimate of drug-likeness (QED) is 0.741. The molecule has 1 aliphatic carbocycles. The van der Waals surface area contributed by atoms with Crippen molar-refractivity contribution in [3.05, 3.63) is 29.3 Å². The molecule has 0 radical (unpaired) electrons. The predicted octanol–water partition coefficient (Wildman–Crippen LogP) is 1.67. The van der Waals surface area contributed by atoms with Crippen molar-refractivity contribution in [1.82, 2.24) is 0 Å². The molecule has 0 unspecified atom stereocenters. The van der Waals surface area contributed by atoms with Gasteiger partial charge in [0, 0.05) is 11.6 Å². The van der Waals surface area contributed by atoms with E-state index in [9.17, 15) is 5.11 Å². The van der Waals surface area contributed by atoms with Gasteiger partial charge in [-0.15, -0.1) is 0 Å². The van der Waals surface area contributed by atoms with Gasteiger partial charge in [-0.25, -0.2) is 0 Å². The molecule has 3 nitrogen and oxygen atoms in total. The van der Waals surface area contributed by atoms with Gasteiger partial charge in [-0.3, -0.25) is 0 Å². The Balaban J connectivity index is 2.37. The smallest absolute Gasteiger partial charge is 0.138 e. The van der Waals surface area contributed by atoms with Crippen LogP contribution in [0.5, 0.6) is 5.75 Å². The minimum Gasteiger partial charge on any atom is -0.506 e. The number of nitrogens with zero attached hydrogens (tertiary/aromatic N) is 1. The molecule has 14 heavy (non-hydrogen) atoms. The van der Waals surface area contributed by atoms with Gasteiger partial charge in [-0.2, -0.15) is 5.26 Å². The maximum absolute atomic E-state index is 9.73. The van der Waals surface area contributed by atoms with Gasteiger partial charge in [-0.1, -0.05) is 12.1 Å². The summed E-state index contributed by atoms with van der Waals surface area (Å²) in [5.74, 6) is 0.532. The average Bonchev–Trinajstić information content (AvgIpc) is 3.00. The summed E-state index contributed by atoms with van der Waals surface area (Å²) in [6, 6.07) is 6.97. The average molecular weight is 188 g/mol. The summed E-state index contributed by atoms with van der Waals surface area (Å²) >= 11 is 0. The van der Waals surface area contributed by atoms with E-state index in [-0.39, 0.29) is 11.8 Å². The van der Waals surface area contributed by atoms with Crippen LogP contribution < -0.4 is 5.73 Å². The van der Waals surface area contributed by atoms with Crippen LogP contribution in [-0.4, -0.2) is 5.11 Å². The molecule has 0 spiro atoms. The fourth-order valence-electron chi connectivity index (χ4n) is 1.63.